The smallest absolute Gasteiger partial charge is 0.308 e. The summed E-state index contributed by atoms with van der Waals surface area (Å²) in [6.45, 7) is 5.68. The van der Waals surface area contributed by atoms with E-state index < -0.39 is 5.97 Å². The zero-order valence-corrected chi connectivity index (χ0v) is 24.3. The van der Waals surface area contributed by atoms with Crippen molar-refractivity contribution in [1.29, 1.82) is 0 Å². The Kier molecular flexibility index (Phi) is 7.68. The average Bonchev–Trinajstić information content (AvgIpc) is 3.71. The second-order valence-electron chi connectivity index (χ2n) is 10.6. The summed E-state index contributed by atoms with van der Waals surface area (Å²) in [5.41, 5.74) is 4.26. The Morgan fingerprint density at radius 3 is 2.67 bits per heavy atom. The molecule has 0 aliphatic heterocycles. The first kappa shape index (κ1) is 27.2. The molecule has 3 atom stereocenters. The summed E-state index contributed by atoms with van der Waals surface area (Å²) in [5, 5.41) is 14.2. The number of pyridine rings is 1. The molecule has 39 heavy (non-hydrogen) atoms. The first-order chi connectivity index (χ1) is 18.7. The van der Waals surface area contributed by atoms with Crippen molar-refractivity contribution in [3.8, 4) is 17.7 Å². The van der Waals surface area contributed by atoms with Crippen LogP contribution in [-0.2, 0) is 16.6 Å². The normalized spacial score (nSPS) is 20.8. The predicted octanol–water partition coefficient (Wildman–Crippen LogP) is 6.26. The maximum absolute atomic E-state index is 13.4. The van der Waals surface area contributed by atoms with Crippen LogP contribution in [0.15, 0.2) is 28.7 Å². The van der Waals surface area contributed by atoms with E-state index in [1.807, 2.05) is 39.1 Å². The molecule has 2 aliphatic carbocycles. The molecule has 204 valence electrons. The molecule has 1 aromatic carbocycles. The van der Waals surface area contributed by atoms with Gasteiger partial charge in [0, 0.05) is 11.5 Å². The number of benzene rings is 1. The SMILES string of the molecule is CC#CC(=O)N(c1ccc2c(n1)c(O[C@@H]1CC[C@@H](C(=O)O)[C@H](CC)C1)nn2C)c1cc(C)c(Br)cc1C1CC1. The van der Waals surface area contributed by atoms with Crippen LogP contribution in [0, 0.1) is 30.6 Å². The topological polar surface area (TPSA) is 97.6 Å². The van der Waals surface area contributed by atoms with Crippen molar-refractivity contribution >= 4 is 50.3 Å². The molecule has 2 aromatic heterocycles. The number of rotatable bonds is 7. The fourth-order valence-corrected chi connectivity index (χ4v) is 6.02. The zero-order chi connectivity index (χ0) is 27.8. The summed E-state index contributed by atoms with van der Waals surface area (Å²) < 4.78 is 9.11. The van der Waals surface area contributed by atoms with Crippen molar-refractivity contribution in [1.82, 2.24) is 14.8 Å². The van der Waals surface area contributed by atoms with Crippen LogP contribution in [0.3, 0.4) is 0 Å². The monoisotopic (exact) mass is 592 g/mol. The molecule has 8 nitrogen and oxygen atoms in total. The lowest BCUT2D eigenvalue weighted by Crippen LogP contribution is -2.35. The number of nitrogens with zero attached hydrogens (tertiary/aromatic N) is 4. The molecule has 1 amide bonds. The zero-order valence-electron chi connectivity index (χ0n) is 22.7. The highest BCUT2D eigenvalue weighted by atomic mass is 79.9. The van der Waals surface area contributed by atoms with Crippen LogP contribution in [0.5, 0.6) is 5.88 Å². The molecule has 3 aromatic rings. The number of carboxylic acids is 1. The summed E-state index contributed by atoms with van der Waals surface area (Å²) in [4.78, 5) is 31.6. The van der Waals surface area contributed by atoms with Gasteiger partial charge in [-0.2, -0.15) is 0 Å². The molecule has 0 radical (unpaired) electrons. The first-order valence-electron chi connectivity index (χ1n) is 13.5. The van der Waals surface area contributed by atoms with E-state index in [0.29, 0.717) is 42.4 Å². The van der Waals surface area contributed by atoms with Crippen molar-refractivity contribution in [2.45, 2.75) is 71.3 Å². The average molecular weight is 594 g/mol. The van der Waals surface area contributed by atoms with Gasteiger partial charge in [-0.3, -0.25) is 19.2 Å². The summed E-state index contributed by atoms with van der Waals surface area (Å²) >= 11 is 3.66. The van der Waals surface area contributed by atoms with Gasteiger partial charge in [-0.1, -0.05) is 35.2 Å². The Morgan fingerprint density at radius 2 is 2.00 bits per heavy atom. The third-order valence-electron chi connectivity index (χ3n) is 7.94. The van der Waals surface area contributed by atoms with Crippen LogP contribution in [-0.4, -0.2) is 37.9 Å². The molecule has 0 unspecified atom stereocenters. The molecule has 0 spiro atoms. The van der Waals surface area contributed by atoms with E-state index in [0.717, 1.165) is 46.1 Å². The number of ether oxygens (including phenoxy) is 1. The van der Waals surface area contributed by atoms with Gasteiger partial charge in [0.25, 0.3) is 5.88 Å². The van der Waals surface area contributed by atoms with Crippen LogP contribution < -0.4 is 9.64 Å². The highest BCUT2D eigenvalue weighted by Crippen LogP contribution is 2.47. The molecular formula is C30H33BrN4O4. The minimum Gasteiger partial charge on any atom is -0.481 e. The van der Waals surface area contributed by atoms with Gasteiger partial charge in [0.1, 0.15) is 11.9 Å². The van der Waals surface area contributed by atoms with E-state index in [9.17, 15) is 14.7 Å². The number of anilines is 2. The molecular weight excluding hydrogens is 560 g/mol. The molecule has 5 rings (SSSR count). The van der Waals surface area contributed by atoms with Crippen molar-refractivity contribution in [3.63, 3.8) is 0 Å². The van der Waals surface area contributed by atoms with E-state index in [-0.39, 0.29) is 23.8 Å². The maximum atomic E-state index is 13.4. The standard InChI is InChI=1S/C30H33BrN4O4/c1-5-7-27(36)35(25-14-17(3)23(31)16-22(25)19-8-9-19)26-13-12-24-28(32-26)29(33-34(24)4)39-20-10-11-21(30(37)38)18(6-2)15-20/h12-14,16,18-21H,6,8-11,15H2,1-4H3,(H,37,38)/t18-,20-,21-/m1/s1. The van der Waals surface area contributed by atoms with Crippen LogP contribution in [0.1, 0.15) is 69.4 Å². The Balaban J connectivity index is 1.54. The fraction of sp³-hybridized carbons (Fsp3) is 0.467. The van der Waals surface area contributed by atoms with Crippen LogP contribution >= 0.6 is 15.9 Å². The van der Waals surface area contributed by atoms with Gasteiger partial charge in [0.2, 0.25) is 0 Å². The number of fused-ring (bicyclic) bond motifs is 1. The van der Waals surface area contributed by atoms with Crippen LogP contribution in [0.4, 0.5) is 11.5 Å². The molecule has 2 aliphatic rings. The summed E-state index contributed by atoms with van der Waals surface area (Å²) in [6, 6.07) is 7.85. The van der Waals surface area contributed by atoms with Gasteiger partial charge >= 0.3 is 11.9 Å². The third-order valence-corrected chi connectivity index (χ3v) is 8.79. The van der Waals surface area contributed by atoms with Gasteiger partial charge in [0.05, 0.1) is 17.1 Å². The van der Waals surface area contributed by atoms with Crippen molar-refractivity contribution < 1.29 is 19.4 Å². The summed E-state index contributed by atoms with van der Waals surface area (Å²) in [5.74, 6) is 5.34. The van der Waals surface area contributed by atoms with Crippen molar-refractivity contribution in [2.75, 3.05) is 4.90 Å². The minimum atomic E-state index is -0.733. The number of aromatic nitrogens is 3. The number of amides is 1. The van der Waals surface area contributed by atoms with Gasteiger partial charge < -0.3 is 9.84 Å². The summed E-state index contributed by atoms with van der Waals surface area (Å²) in [7, 11) is 1.83. The highest BCUT2D eigenvalue weighted by molar-refractivity contribution is 9.10. The van der Waals surface area contributed by atoms with Gasteiger partial charge in [0.15, 0.2) is 5.52 Å². The second kappa shape index (κ2) is 11.0. The minimum absolute atomic E-state index is 0.0574. The van der Waals surface area contributed by atoms with Crippen molar-refractivity contribution in [3.05, 3.63) is 39.9 Å². The van der Waals surface area contributed by atoms with Gasteiger partial charge in [-0.25, -0.2) is 4.98 Å². The number of aliphatic carboxylic acids is 1. The molecule has 9 heteroatoms. The lowest BCUT2D eigenvalue weighted by Gasteiger charge is -2.33. The number of aryl methyl sites for hydroxylation is 2. The Hall–Kier alpha value is -3.38. The van der Waals surface area contributed by atoms with E-state index in [1.165, 1.54) is 0 Å². The Morgan fingerprint density at radius 1 is 1.23 bits per heavy atom. The van der Waals surface area contributed by atoms with E-state index in [2.05, 4.69) is 38.9 Å². The number of carbonyl (C=O) groups excluding carboxylic acids is 1. The highest BCUT2D eigenvalue weighted by Gasteiger charge is 2.36. The maximum Gasteiger partial charge on any atom is 0.308 e. The summed E-state index contributed by atoms with van der Waals surface area (Å²) in [6.07, 6.45) is 4.68. The van der Waals surface area contributed by atoms with Crippen molar-refractivity contribution in [2.24, 2.45) is 18.9 Å². The first-order valence-corrected chi connectivity index (χ1v) is 14.3. The number of halogens is 1. The van der Waals surface area contributed by atoms with Crippen LogP contribution in [0.2, 0.25) is 0 Å². The lowest BCUT2D eigenvalue weighted by atomic mass is 9.76. The number of carboxylic acid groups (broad SMARTS) is 1. The number of hydrogen-bond acceptors (Lipinski definition) is 5. The molecule has 2 fully saturated rings. The number of hydrogen-bond donors (Lipinski definition) is 1. The van der Waals surface area contributed by atoms with E-state index in [1.54, 1.807) is 16.5 Å². The van der Waals surface area contributed by atoms with Gasteiger partial charge in [-0.15, -0.1) is 5.10 Å². The molecule has 0 bridgehead atoms. The predicted molar refractivity (Wildman–Crippen MR) is 153 cm³/mol. The van der Waals surface area contributed by atoms with Gasteiger partial charge in [-0.05, 0) is 99.1 Å². The quantitative estimate of drug-likeness (QED) is 0.325. The molecule has 2 heterocycles. The fourth-order valence-electron chi connectivity index (χ4n) is 5.66. The van der Waals surface area contributed by atoms with Crippen LogP contribution in [0.25, 0.3) is 11.0 Å². The molecule has 1 N–H and O–H groups in total. The van der Waals surface area contributed by atoms with E-state index in [4.69, 9.17) is 9.72 Å². The Labute approximate surface area is 236 Å². The Bertz CT molecular complexity index is 1500. The molecule has 2 saturated carbocycles. The number of carbonyl (C=O) groups is 2. The molecule has 0 saturated heterocycles. The second-order valence-corrected chi connectivity index (χ2v) is 11.4. The third kappa shape index (κ3) is 5.40. The largest absolute Gasteiger partial charge is 0.481 e. The lowest BCUT2D eigenvalue weighted by molar-refractivity contribution is -0.145. The van der Waals surface area contributed by atoms with E-state index >= 15 is 0 Å².